The molecule has 0 aromatic carbocycles. The molecule has 9 atom stereocenters. The molecule has 0 radical (unpaired) electrons. The van der Waals surface area contributed by atoms with Gasteiger partial charge in [0.25, 0.3) is 0 Å². The Kier molecular flexibility index (Phi) is 4.10. The quantitative estimate of drug-likeness (QED) is 0.727. The van der Waals surface area contributed by atoms with Gasteiger partial charge in [0.2, 0.25) is 5.91 Å². The van der Waals surface area contributed by atoms with Crippen LogP contribution in [-0.4, -0.2) is 53.0 Å². The van der Waals surface area contributed by atoms with E-state index in [0.717, 1.165) is 38.6 Å². The van der Waals surface area contributed by atoms with Gasteiger partial charge >= 0.3 is 0 Å². The summed E-state index contributed by atoms with van der Waals surface area (Å²) in [5.41, 5.74) is 1.81. The molecule has 0 aromatic rings. The number of hydrogen-bond acceptors (Lipinski definition) is 4. The molecule has 4 fully saturated rings. The van der Waals surface area contributed by atoms with E-state index in [-0.39, 0.29) is 23.8 Å². The minimum absolute atomic E-state index is 0.166. The minimum Gasteiger partial charge on any atom is -0.389 e. The number of fused-ring (bicyclic) bond motifs is 9. The van der Waals surface area contributed by atoms with E-state index >= 15 is 0 Å². The Labute approximate surface area is 173 Å². The van der Waals surface area contributed by atoms with Crippen molar-refractivity contribution in [1.29, 1.82) is 0 Å². The van der Waals surface area contributed by atoms with E-state index in [0.29, 0.717) is 36.1 Å². The summed E-state index contributed by atoms with van der Waals surface area (Å²) in [6, 6.07) is 0.398. The lowest BCUT2D eigenvalue weighted by atomic mass is 9.60. The lowest BCUT2D eigenvalue weighted by Crippen LogP contribution is -2.54. The normalized spacial score (nSPS) is 50.7. The molecule has 6 rings (SSSR count). The first kappa shape index (κ1) is 18.6. The lowest BCUT2D eigenvalue weighted by Gasteiger charge is -2.52. The van der Waals surface area contributed by atoms with Crippen LogP contribution in [-0.2, 0) is 9.53 Å². The lowest BCUT2D eigenvalue weighted by molar-refractivity contribution is -0.140. The Hall–Kier alpha value is -1.20. The van der Waals surface area contributed by atoms with Gasteiger partial charge in [-0.05, 0) is 63.2 Å². The number of aliphatic hydroxyl groups is 1. The van der Waals surface area contributed by atoms with E-state index in [9.17, 15) is 9.90 Å². The molecule has 2 heterocycles. The molecular weight excluding hydrogens is 364 g/mol. The van der Waals surface area contributed by atoms with Crippen LogP contribution in [0.5, 0.6) is 0 Å². The van der Waals surface area contributed by atoms with Gasteiger partial charge in [-0.25, -0.2) is 0 Å². The Morgan fingerprint density at radius 1 is 1.28 bits per heavy atom. The fourth-order valence-electron chi connectivity index (χ4n) is 8.24. The highest BCUT2D eigenvalue weighted by Crippen LogP contribution is 2.64. The Morgan fingerprint density at radius 3 is 2.86 bits per heavy atom. The Balaban J connectivity index is 1.46. The number of carbonyl (C=O) groups is 1. The van der Waals surface area contributed by atoms with E-state index in [1.807, 2.05) is 12.0 Å². The highest BCUT2D eigenvalue weighted by molar-refractivity contribution is 5.90. The Morgan fingerprint density at radius 2 is 2.14 bits per heavy atom. The van der Waals surface area contributed by atoms with Gasteiger partial charge in [-0.1, -0.05) is 12.5 Å². The summed E-state index contributed by atoms with van der Waals surface area (Å²) >= 11 is 0. The Bertz CT molecular complexity index is 791. The van der Waals surface area contributed by atoms with Crippen LogP contribution in [0.4, 0.5) is 0 Å². The topological polar surface area (TPSA) is 62.1 Å². The predicted octanol–water partition coefficient (Wildman–Crippen LogP) is 3.17. The SMILES string of the molecule is CO[C@H]1CCC[C@@H]2[C@@H]1C(N1CCC1=O)=C[C@@H]1[C@H]2[C@H]2CC3=N[C@@H](C)CC[C@H]3[C@]1(O)C2. The molecule has 5 nitrogen and oxygen atoms in total. The number of rotatable bonds is 2. The van der Waals surface area contributed by atoms with E-state index in [1.165, 1.54) is 24.3 Å². The zero-order valence-electron chi connectivity index (χ0n) is 17.7. The number of nitrogens with zero attached hydrogens (tertiary/aromatic N) is 2. The summed E-state index contributed by atoms with van der Waals surface area (Å²) < 4.78 is 5.97. The molecule has 1 amide bonds. The van der Waals surface area contributed by atoms with Gasteiger partial charge in [0.05, 0.1) is 11.7 Å². The molecule has 1 N–H and O–H groups in total. The molecule has 0 aromatic heterocycles. The maximum Gasteiger partial charge on any atom is 0.228 e. The molecule has 2 aliphatic heterocycles. The van der Waals surface area contributed by atoms with Gasteiger partial charge in [0.15, 0.2) is 0 Å². The van der Waals surface area contributed by atoms with Crippen molar-refractivity contribution in [2.45, 2.75) is 76.0 Å². The first-order chi connectivity index (χ1) is 14.0. The van der Waals surface area contributed by atoms with Crippen molar-refractivity contribution in [3.8, 4) is 0 Å². The monoisotopic (exact) mass is 398 g/mol. The van der Waals surface area contributed by atoms with Gasteiger partial charge in [0.1, 0.15) is 0 Å². The number of methoxy groups -OCH3 is 1. The molecule has 0 spiro atoms. The average molecular weight is 399 g/mol. The molecule has 158 valence electrons. The second kappa shape index (κ2) is 6.40. The number of ether oxygens (including phenoxy) is 1. The van der Waals surface area contributed by atoms with Gasteiger partial charge in [-0.2, -0.15) is 0 Å². The molecule has 6 aliphatic rings. The maximum atomic E-state index is 12.4. The van der Waals surface area contributed by atoms with Crippen molar-refractivity contribution in [1.82, 2.24) is 4.90 Å². The first-order valence-corrected chi connectivity index (χ1v) is 11.8. The number of β-lactam (4-membered cyclic amide) rings is 1. The minimum atomic E-state index is -0.670. The smallest absolute Gasteiger partial charge is 0.228 e. The fraction of sp³-hybridized carbons (Fsp3) is 0.833. The van der Waals surface area contributed by atoms with Crippen molar-refractivity contribution in [2.75, 3.05) is 13.7 Å². The third-order valence-electron chi connectivity index (χ3n) is 9.40. The number of likely N-dealkylation sites (tertiary alicyclic amines) is 1. The third-order valence-corrected chi connectivity index (χ3v) is 9.40. The zero-order chi connectivity index (χ0) is 19.9. The average Bonchev–Trinajstić information content (AvgIpc) is 2.94. The molecule has 29 heavy (non-hydrogen) atoms. The molecule has 1 saturated heterocycles. The maximum absolute atomic E-state index is 12.4. The molecule has 5 heteroatoms. The summed E-state index contributed by atoms with van der Waals surface area (Å²) in [6.07, 6.45) is 10.8. The van der Waals surface area contributed by atoms with Crippen LogP contribution >= 0.6 is 0 Å². The van der Waals surface area contributed by atoms with Crippen molar-refractivity contribution in [3.63, 3.8) is 0 Å². The van der Waals surface area contributed by atoms with Crippen molar-refractivity contribution >= 4 is 11.6 Å². The summed E-state index contributed by atoms with van der Waals surface area (Å²) in [5, 5.41) is 12.1. The number of hydrogen-bond donors (Lipinski definition) is 1. The zero-order valence-corrected chi connectivity index (χ0v) is 17.7. The molecule has 0 unspecified atom stereocenters. The van der Waals surface area contributed by atoms with Crippen LogP contribution in [0, 0.1) is 35.5 Å². The van der Waals surface area contributed by atoms with Crippen LogP contribution in [0.1, 0.15) is 58.3 Å². The van der Waals surface area contributed by atoms with Crippen LogP contribution < -0.4 is 0 Å². The van der Waals surface area contributed by atoms with Gasteiger partial charge in [-0.15, -0.1) is 0 Å². The van der Waals surface area contributed by atoms with Crippen LogP contribution in [0.15, 0.2) is 16.8 Å². The highest BCUT2D eigenvalue weighted by Gasteiger charge is 2.65. The highest BCUT2D eigenvalue weighted by atomic mass is 16.5. The van der Waals surface area contributed by atoms with Crippen molar-refractivity contribution < 1.29 is 14.6 Å². The van der Waals surface area contributed by atoms with Crippen molar-refractivity contribution in [3.05, 3.63) is 11.8 Å². The van der Waals surface area contributed by atoms with Gasteiger partial charge in [0, 0.05) is 55.3 Å². The van der Waals surface area contributed by atoms with E-state index < -0.39 is 5.60 Å². The van der Waals surface area contributed by atoms with E-state index in [2.05, 4.69) is 13.0 Å². The predicted molar refractivity (Wildman–Crippen MR) is 110 cm³/mol. The summed E-state index contributed by atoms with van der Waals surface area (Å²) in [6.45, 7) is 3.04. The van der Waals surface area contributed by atoms with Crippen LogP contribution in [0.25, 0.3) is 0 Å². The van der Waals surface area contributed by atoms with E-state index in [1.54, 1.807) is 0 Å². The molecule has 4 aliphatic carbocycles. The third kappa shape index (κ3) is 2.46. The summed E-state index contributed by atoms with van der Waals surface area (Å²) in [5.74, 6) is 2.49. The van der Waals surface area contributed by atoms with E-state index in [4.69, 9.17) is 9.73 Å². The molecule has 2 bridgehead atoms. The van der Waals surface area contributed by atoms with Gasteiger partial charge < -0.3 is 14.7 Å². The molecular formula is C24H34N2O3. The van der Waals surface area contributed by atoms with Gasteiger partial charge in [-0.3, -0.25) is 9.79 Å². The largest absolute Gasteiger partial charge is 0.389 e. The number of aliphatic imine (C=N–C) groups is 1. The molecule has 3 saturated carbocycles. The standard InChI is InChI=1S/C24H34N2O3/c1-13-6-7-16-18(25-13)10-14-12-24(16,28)17-11-19(26-9-8-21(26)27)23-15(22(14)17)4-3-5-20(23)29-2/h11,13-17,20,22-23,28H,3-10,12H2,1-2H3/t13-,14-,15-,16+,17+,20-,22-,23+,24+/m0/s1. The second-order valence-electron chi connectivity index (χ2n) is 10.6. The summed E-state index contributed by atoms with van der Waals surface area (Å²) in [7, 11) is 1.83. The second-order valence-corrected chi connectivity index (χ2v) is 10.6. The number of carbonyl (C=O) groups excluding carboxylic acids is 1. The summed E-state index contributed by atoms with van der Waals surface area (Å²) in [4.78, 5) is 19.5. The first-order valence-electron chi connectivity index (χ1n) is 11.8. The van der Waals surface area contributed by atoms with Crippen LogP contribution in [0.2, 0.25) is 0 Å². The fourth-order valence-corrected chi connectivity index (χ4v) is 8.24. The van der Waals surface area contributed by atoms with Crippen molar-refractivity contribution in [2.24, 2.45) is 40.5 Å². The van der Waals surface area contributed by atoms with Crippen LogP contribution in [0.3, 0.4) is 0 Å². The number of amides is 1.